The fourth-order valence-corrected chi connectivity index (χ4v) is 3.03. The van der Waals surface area contributed by atoms with E-state index >= 15 is 0 Å². The zero-order chi connectivity index (χ0) is 16.9. The maximum atomic E-state index is 12.6. The van der Waals surface area contributed by atoms with Gasteiger partial charge in [0, 0.05) is 35.9 Å². The van der Waals surface area contributed by atoms with Gasteiger partial charge in [0.1, 0.15) is 5.75 Å². The van der Waals surface area contributed by atoms with Crippen molar-refractivity contribution in [3.63, 3.8) is 0 Å². The number of likely N-dealkylation sites (N-methyl/N-ethyl adjacent to an activating group) is 1. The van der Waals surface area contributed by atoms with E-state index in [2.05, 4.69) is 26.2 Å². The third kappa shape index (κ3) is 4.13. The Morgan fingerprint density at radius 3 is 2.75 bits per heavy atom. The Labute approximate surface area is 150 Å². The van der Waals surface area contributed by atoms with E-state index < -0.39 is 0 Å². The summed E-state index contributed by atoms with van der Waals surface area (Å²) in [6, 6.07) is 11.4. The van der Waals surface area contributed by atoms with Crippen molar-refractivity contribution in [1.82, 2.24) is 15.2 Å². The van der Waals surface area contributed by atoms with Crippen LogP contribution in [0.3, 0.4) is 0 Å². The Bertz CT molecular complexity index is 688. The summed E-state index contributed by atoms with van der Waals surface area (Å²) in [6.07, 6.45) is 3.72. The van der Waals surface area contributed by atoms with Gasteiger partial charge in [0.25, 0.3) is 5.91 Å². The predicted octanol–water partition coefficient (Wildman–Crippen LogP) is 3.46. The summed E-state index contributed by atoms with van der Waals surface area (Å²) in [4.78, 5) is 18.7. The minimum atomic E-state index is 0.0256. The number of pyridine rings is 1. The number of likely N-dealkylation sites (tertiary alicyclic amines) is 1. The number of carbonyl (C=O) groups excluding carboxylic acids is 1. The molecule has 2 aromatic rings. The number of benzene rings is 1. The van der Waals surface area contributed by atoms with Gasteiger partial charge in [-0.2, -0.15) is 0 Å². The molecule has 6 heteroatoms. The second kappa shape index (κ2) is 7.77. The first-order chi connectivity index (χ1) is 11.7. The Kier molecular flexibility index (Phi) is 5.48. The Morgan fingerprint density at radius 1 is 1.29 bits per heavy atom. The molecule has 0 unspecified atom stereocenters. The first-order valence-corrected chi connectivity index (χ1v) is 8.81. The average Bonchev–Trinajstić information content (AvgIpc) is 2.64. The van der Waals surface area contributed by atoms with Gasteiger partial charge in [0.2, 0.25) is 5.88 Å². The maximum absolute atomic E-state index is 12.6. The third-order valence-corrected chi connectivity index (χ3v) is 4.66. The minimum Gasteiger partial charge on any atom is -0.439 e. The highest BCUT2D eigenvalue weighted by molar-refractivity contribution is 9.10. The second-order valence-electron chi connectivity index (χ2n) is 5.82. The second-order valence-corrected chi connectivity index (χ2v) is 6.74. The van der Waals surface area contributed by atoms with Crippen molar-refractivity contribution >= 4 is 21.8 Å². The average molecular weight is 390 g/mol. The number of rotatable bonds is 4. The van der Waals surface area contributed by atoms with Gasteiger partial charge in [0.15, 0.2) is 0 Å². The van der Waals surface area contributed by atoms with Gasteiger partial charge < -0.3 is 15.0 Å². The molecule has 1 fully saturated rings. The van der Waals surface area contributed by atoms with Crippen LogP contribution in [-0.2, 0) is 0 Å². The van der Waals surface area contributed by atoms with Gasteiger partial charge in [-0.3, -0.25) is 4.79 Å². The number of hydrogen-bond acceptors (Lipinski definition) is 4. The number of nitrogens with one attached hydrogen (secondary N) is 1. The van der Waals surface area contributed by atoms with Crippen molar-refractivity contribution in [1.29, 1.82) is 0 Å². The fraction of sp³-hybridized carbons (Fsp3) is 0.333. The quantitative estimate of drug-likeness (QED) is 0.869. The number of nitrogens with zero attached hydrogens (tertiary/aromatic N) is 2. The van der Waals surface area contributed by atoms with Crippen LogP contribution in [-0.4, -0.2) is 42.0 Å². The van der Waals surface area contributed by atoms with Crippen molar-refractivity contribution in [2.45, 2.75) is 18.9 Å². The number of amides is 1. The molecule has 1 aromatic carbocycles. The van der Waals surface area contributed by atoms with E-state index in [-0.39, 0.29) is 5.91 Å². The number of carbonyl (C=O) groups is 1. The Morgan fingerprint density at radius 2 is 2.08 bits per heavy atom. The van der Waals surface area contributed by atoms with Crippen LogP contribution in [0.25, 0.3) is 0 Å². The van der Waals surface area contributed by atoms with E-state index in [1.165, 1.54) is 0 Å². The summed E-state index contributed by atoms with van der Waals surface area (Å²) in [5.41, 5.74) is 0.593. The van der Waals surface area contributed by atoms with E-state index in [0.29, 0.717) is 23.2 Å². The zero-order valence-corrected chi connectivity index (χ0v) is 15.1. The lowest BCUT2D eigenvalue weighted by Gasteiger charge is -2.32. The first kappa shape index (κ1) is 16.9. The van der Waals surface area contributed by atoms with Crippen LogP contribution in [0.15, 0.2) is 47.1 Å². The summed E-state index contributed by atoms with van der Waals surface area (Å²) in [6.45, 7) is 1.54. The van der Waals surface area contributed by atoms with E-state index in [1.54, 1.807) is 18.3 Å². The predicted molar refractivity (Wildman–Crippen MR) is 96.4 cm³/mol. The molecule has 1 aliphatic rings. The van der Waals surface area contributed by atoms with Crippen molar-refractivity contribution in [2.24, 2.45) is 0 Å². The molecule has 126 valence electrons. The molecule has 0 bridgehead atoms. The van der Waals surface area contributed by atoms with Crippen LogP contribution >= 0.6 is 15.9 Å². The standard InChI is InChI=1S/C18H20BrN3O2/c1-20-15-3-2-10-22(12-15)18(23)13-4-9-17(21-11-13)24-16-7-5-14(19)6-8-16/h4-9,11,15,20H,2-3,10,12H2,1H3/t15-/m1/s1. The monoisotopic (exact) mass is 389 g/mol. The van der Waals surface area contributed by atoms with Gasteiger partial charge in [-0.15, -0.1) is 0 Å². The highest BCUT2D eigenvalue weighted by atomic mass is 79.9. The molecule has 0 saturated carbocycles. The molecule has 0 radical (unpaired) electrons. The first-order valence-electron chi connectivity index (χ1n) is 8.02. The topological polar surface area (TPSA) is 54.5 Å². The SMILES string of the molecule is CN[C@@H]1CCCN(C(=O)c2ccc(Oc3ccc(Br)cc3)nc2)C1. The van der Waals surface area contributed by atoms with Gasteiger partial charge in [-0.1, -0.05) is 15.9 Å². The molecular weight excluding hydrogens is 370 g/mol. The minimum absolute atomic E-state index is 0.0256. The van der Waals surface area contributed by atoms with Crippen LogP contribution in [0, 0.1) is 0 Å². The molecule has 1 amide bonds. The fourth-order valence-electron chi connectivity index (χ4n) is 2.77. The van der Waals surface area contributed by atoms with Crippen LogP contribution in [0.1, 0.15) is 23.2 Å². The lowest BCUT2D eigenvalue weighted by Crippen LogP contribution is -2.46. The van der Waals surface area contributed by atoms with Crippen molar-refractivity contribution in [3.05, 3.63) is 52.6 Å². The molecule has 2 heterocycles. The number of aromatic nitrogens is 1. The lowest BCUT2D eigenvalue weighted by molar-refractivity contribution is 0.0697. The maximum Gasteiger partial charge on any atom is 0.255 e. The molecule has 0 spiro atoms. The third-order valence-electron chi connectivity index (χ3n) is 4.14. The van der Waals surface area contributed by atoms with Crippen molar-refractivity contribution < 1.29 is 9.53 Å². The number of ether oxygens (including phenoxy) is 1. The van der Waals surface area contributed by atoms with E-state index in [1.807, 2.05) is 36.2 Å². The van der Waals surface area contributed by atoms with Gasteiger partial charge in [0.05, 0.1) is 5.56 Å². The lowest BCUT2D eigenvalue weighted by atomic mass is 10.1. The van der Waals surface area contributed by atoms with Gasteiger partial charge in [-0.05, 0) is 50.2 Å². The summed E-state index contributed by atoms with van der Waals surface area (Å²) in [7, 11) is 1.94. The Balaban J connectivity index is 1.65. The molecule has 3 rings (SSSR count). The summed E-state index contributed by atoms with van der Waals surface area (Å²) < 4.78 is 6.67. The number of hydrogen-bond donors (Lipinski definition) is 1. The zero-order valence-electron chi connectivity index (χ0n) is 13.5. The summed E-state index contributed by atoms with van der Waals surface area (Å²) in [5.74, 6) is 1.20. The van der Waals surface area contributed by atoms with Crippen LogP contribution in [0.2, 0.25) is 0 Å². The normalized spacial score (nSPS) is 17.6. The summed E-state index contributed by atoms with van der Waals surface area (Å²) >= 11 is 3.39. The molecule has 5 nitrogen and oxygen atoms in total. The van der Waals surface area contributed by atoms with Gasteiger partial charge in [-0.25, -0.2) is 4.98 Å². The molecule has 1 saturated heterocycles. The van der Waals surface area contributed by atoms with Crippen molar-refractivity contribution in [2.75, 3.05) is 20.1 Å². The Hall–Kier alpha value is -1.92. The molecule has 1 aromatic heterocycles. The molecule has 1 aliphatic heterocycles. The highest BCUT2D eigenvalue weighted by Crippen LogP contribution is 2.22. The smallest absolute Gasteiger partial charge is 0.255 e. The largest absolute Gasteiger partial charge is 0.439 e. The van der Waals surface area contributed by atoms with Crippen molar-refractivity contribution in [3.8, 4) is 11.6 Å². The molecular formula is C18H20BrN3O2. The highest BCUT2D eigenvalue weighted by Gasteiger charge is 2.23. The van der Waals surface area contributed by atoms with E-state index in [0.717, 1.165) is 30.4 Å². The molecule has 24 heavy (non-hydrogen) atoms. The van der Waals surface area contributed by atoms with Crippen LogP contribution < -0.4 is 10.1 Å². The number of piperidine rings is 1. The van der Waals surface area contributed by atoms with E-state index in [4.69, 9.17) is 4.74 Å². The van der Waals surface area contributed by atoms with E-state index in [9.17, 15) is 4.79 Å². The van der Waals surface area contributed by atoms with Crippen LogP contribution in [0.4, 0.5) is 0 Å². The molecule has 1 N–H and O–H groups in total. The van der Waals surface area contributed by atoms with Crippen LogP contribution in [0.5, 0.6) is 11.6 Å². The summed E-state index contributed by atoms with van der Waals surface area (Å²) in [5, 5.41) is 3.25. The molecule has 0 aliphatic carbocycles. The number of halogens is 1. The van der Waals surface area contributed by atoms with Gasteiger partial charge >= 0.3 is 0 Å². The molecule has 1 atom stereocenters.